The highest BCUT2D eigenvalue weighted by Crippen LogP contribution is 2.12. The van der Waals surface area contributed by atoms with Crippen LogP contribution in [0.15, 0.2) is 36.0 Å². The summed E-state index contributed by atoms with van der Waals surface area (Å²) >= 11 is 0. The number of carbonyl (C=O) groups is 1. The SMILES string of the molecule is O=C(O)C=CC1=CC=CCC1. The van der Waals surface area contributed by atoms with Crippen molar-refractivity contribution >= 4 is 5.97 Å². The smallest absolute Gasteiger partial charge is 0.328 e. The van der Waals surface area contributed by atoms with Crippen LogP contribution in [0.2, 0.25) is 0 Å². The summed E-state index contributed by atoms with van der Waals surface area (Å²) in [5, 5.41) is 8.31. The summed E-state index contributed by atoms with van der Waals surface area (Å²) in [7, 11) is 0. The maximum absolute atomic E-state index is 10.1. The summed E-state index contributed by atoms with van der Waals surface area (Å²) in [4.78, 5) is 10.1. The van der Waals surface area contributed by atoms with Crippen LogP contribution in [0.1, 0.15) is 12.8 Å². The fourth-order valence-electron chi connectivity index (χ4n) is 0.938. The second-order valence-corrected chi connectivity index (χ2v) is 2.38. The summed E-state index contributed by atoms with van der Waals surface area (Å²) in [6, 6.07) is 0. The highest BCUT2D eigenvalue weighted by atomic mass is 16.4. The van der Waals surface area contributed by atoms with E-state index in [-0.39, 0.29) is 0 Å². The van der Waals surface area contributed by atoms with Gasteiger partial charge in [0.05, 0.1) is 0 Å². The lowest BCUT2D eigenvalue weighted by atomic mass is 10.1. The van der Waals surface area contributed by atoms with E-state index in [2.05, 4.69) is 6.08 Å². The first-order chi connectivity index (χ1) is 5.29. The average molecular weight is 150 g/mol. The Morgan fingerprint density at radius 2 is 2.45 bits per heavy atom. The fraction of sp³-hybridized carbons (Fsp3) is 0.222. The van der Waals surface area contributed by atoms with Crippen molar-refractivity contribution in [1.29, 1.82) is 0 Å². The van der Waals surface area contributed by atoms with Crippen molar-refractivity contribution in [1.82, 2.24) is 0 Å². The molecule has 0 radical (unpaired) electrons. The number of aliphatic carboxylic acids is 1. The lowest BCUT2D eigenvalue weighted by Crippen LogP contribution is -1.88. The van der Waals surface area contributed by atoms with Crippen molar-refractivity contribution in [3.63, 3.8) is 0 Å². The van der Waals surface area contributed by atoms with Crippen molar-refractivity contribution in [3.8, 4) is 0 Å². The first-order valence-corrected chi connectivity index (χ1v) is 3.56. The van der Waals surface area contributed by atoms with Crippen molar-refractivity contribution in [2.24, 2.45) is 0 Å². The molecule has 1 N–H and O–H groups in total. The minimum Gasteiger partial charge on any atom is -0.478 e. The largest absolute Gasteiger partial charge is 0.478 e. The van der Waals surface area contributed by atoms with E-state index in [0.29, 0.717) is 0 Å². The summed E-state index contributed by atoms with van der Waals surface area (Å²) in [5.74, 6) is -0.888. The second-order valence-electron chi connectivity index (χ2n) is 2.38. The first kappa shape index (κ1) is 7.79. The molecule has 11 heavy (non-hydrogen) atoms. The minimum absolute atomic E-state index is 0.888. The molecule has 1 rings (SSSR count). The Morgan fingerprint density at radius 1 is 1.64 bits per heavy atom. The average Bonchev–Trinajstić information content (AvgIpc) is 2.03. The standard InChI is InChI=1S/C9H10O2/c10-9(11)7-6-8-4-2-1-3-5-8/h1-2,4,6-7H,3,5H2,(H,10,11). The van der Waals surface area contributed by atoms with Crippen LogP contribution in [0.4, 0.5) is 0 Å². The summed E-state index contributed by atoms with van der Waals surface area (Å²) in [6.45, 7) is 0. The quantitative estimate of drug-likeness (QED) is 0.610. The highest BCUT2D eigenvalue weighted by molar-refractivity contribution is 5.80. The Balaban J connectivity index is 2.54. The minimum atomic E-state index is -0.888. The first-order valence-electron chi connectivity index (χ1n) is 3.56. The van der Waals surface area contributed by atoms with Gasteiger partial charge in [0.1, 0.15) is 0 Å². The summed E-state index contributed by atoms with van der Waals surface area (Å²) < 4.78 is 0. The Morgan fingerprint density at radius 3 is 3.00 bits per heavy atom. The zero-order chi connectivity index (χ0) is 8.10. The van der Waals surface area contributed by atoms with Gasteiger partial charge in [-0.05, 0) is 18.4 Å². The van der Waals surface area contributed by atoms with Crippen molar-refractivity contribution < 1.29 is 9.90 Å². The van der Waals surface area contributed by atoms with Crippen LogP contribution in [-0.2, 0) is 4.79 Å². The lowest BCUT2D eigenvalue weighted by Gasteiger charge is -2.01. The monoisotopic (exact) mass is 150 g/mol. The van der Waals surface area contributed by atoms with Crippen LogP contribution in [0, 0.1) is 0 Å². The van der Waals surface area contributed by atoms with Gasteiger partial charge in [0, 0.05) is 6.08 Å². The molecular weight excluding hydrogens is 140 g/mol. The van der Waals surface area contributed by atoms with Crippen LogP contribution in [0.3, 0.4) is 0 Å². The molecule has 0 unspecified atom stereocenters. The molecule has 0 saturated carbocycles. The molecule has 0 aromatic rings. The third-order valence-electron chi connectivity index (χ3n) is 1.49. The summed E-state index contributed by atoms with van der Waals surface area (Å²) in [5.41, 5.74) is 1.08. The van der Waals surface area contributed by atoms with Crippen LogP contribution in [0.5, 0.6) is 0 Å². The zero-order valence-electron chi connectivity index (χ0n) is 6.16. The van der Waals surface area contributed by atoms with E-state index in [0.717, 1.165) is 18.4 Å². The van der Waals surface area contributed by atoms with Crippen LogP contribution in [0.25, 0.3) is 0 Å². The maximum Gasteiger partial charge on any atom is 0.328 e. The van der Waals surface area contributed by atoms with Gasteiger partial charge in [-0.25, -0.2) is 4.79 Å². The Labute approximate surface area is 65.5 Å². The normalized spacial score (nSPS) is 16.9. The van der Waals surface area contributed by atoms with Gasteiger partial charge in [0.15, 0.2) is 0 Å². The number of rotatable bonds is 2. The number of hydrogen-bond acceptors (Lipinski definition) is 1. The molecular formula is C9H10O2. The van der Waals surface area contributed by atoms with E-state index in [4.69, 9.17) is 5.11 Å². The topological polar surface area (TPSA) is 37.3 Å². The number of allylic oxidation sites excluding steroid dienone is 5. The van der Waals surface area contributed by atoms with Crippen LogP contribution in [-0.4, -0.2) is 11.1 Å². The molecule has 0 atom stereocenters. The predicted molar refractivity (Wildman–Crippen MR) is 43.2 cm³/mol. The molecule has 0 fully saturated rings. The molecule has 1 aliphatic carbocycles. The highest BCUT2D eigenvalue weighted by Gasteiger charge is 1.95. The lowest BCUT2D eigenvalue weighted by molar-refractivity contribution is -0.131. The molecule has 0 bridgehead atoms. The van der Waals surface area contributed by atoms with E-state index in [1.165, 1.54) is 6.08 Å². The Bertz CT molecular complexity index is 234. The number of carboxylic acids is 1. The molecule has 2 heteroatoms. The molecule has 1 aliphatic rings. The van der Waals surface area contributed by atoms with Gasteiger partial charge in [0.25, 0.3) is 0 Å². The molecule has 58 valence electrons. The fourth-order valence-corrected chi connectivity index (χ4v) is 0.938. The van der Waals surface area contributed by atoms with Gasteiger partial charge < -0.3 is 5.11 Å². The van der Waals surface area contributed by atoms with Crippen molar-refractivity contribution in [2.75, 3.05) is 0 Å². The Hall–Kier alpha value is -1.31. The molecule has 0 aromatic carbocycles. The van der Waals surface area contributed by atoms with Gasteiger partial charge in [-0.2, -0.15) is 0 Å². The van der Waals surface area contributed by atoms with E-state index in [9.17, 15) is 4.79 Å². The molecule has 0 spiro atoms. The van der Waals surface area contributed by atoms with E-state index in [1.54, 1.807) is 6.08 Å². The third kappa shape index (κ3) is 2.85. The zero-order valence-corrected chi connectivity index (χ0v) is 6.16. The second kappa shape index (κ2) is 3.76. The van der Waals surface area contributed by atoms with E-state index in [1.807, 2.05) is 12.2 Å². The molecule has 0 aromatic heterocycles. The molecule has 0 heterocycles. The van der Waals surface area contributed by atoms with Gasteiger partial charge in [0.2, 0.25) is 0 Å². The van der Waals surface area contributed by atoms with Crippen LogP contribution >= 0.6 is 0 Å². The maximum atomic E-state index is 10.1. The predicted octanol–water partition coefficient (Wildman–Crippen LogP) is 1.90. The number of carboxylic acid groups (broad SMARTS) is 1. The van der Waals surface area contributed by atoms with Gasteiger partial charge in [-0.15, -0.1) is 0 Å². The van der Waals surface area contributed by atoms with Gasteiger partial charge in [-0.3, -0.25) is 0 Å². The summed E-state index contributed by atoms with van der Waals surface area (Å²) in [6.07, 6.45) is 10.7. The van der Waals surface area contributed by atoms with E-state index >= 15 is 0 Å². The van der Waals surface area contributed by atoms with Crippen molar-refractivity contribution in [3.05, 3.63) is 36.0 Å². The Kier molecular flexibility index (Phi) is 2.66. The molecule has 0 aliphatic heterocycles. The molecule has 0 saturated heterocycles. The van der Waals surface area contributed by atoms with E-state index < -0.39 is 5.97 Å². The van der Waals surface area contributed by atoms with Crippen molar-refractivity contribution in [2.45, 2.75) is 12.8 Å². The van der Waals surface area contributed by atoms with Gasteiger partial charge >= 0.3 is 5.97 Å². The number of hydrogen-bond donors (Lipinski definition) is 1. The third-order valence-corrected chi connectivity index (χ3v) is 1.49. The van der Waals surface area contributed by atoms with Crippen LogP contribution < -0.4 is 0 Å². The molecule has 0 amide bonds. The van der Waals surface area contributed by atoms with Gasteiger partial charge in [-0.1, -0.05) is 24.3 Å². The molecule has 2 nitrogen and oxygen atoms in total.